The second-order valence-electron chi connectivity index (χ2n) is 5.36. The number of nitrogens with one attached hydrogen (secondary N) is 1. The summed E-state index contributed by atoms with van der Waals surface area (Å²) >= 11 is 4.86. The largest absolute Gasteiger partial charge is 0.298 e. The number of amides is 1. The van der Waals surface area contributed by atoms with E-state index in [1.807, 2.05) is 48.5 Å². The standard InChI is InChI=1S/C19H14N2OS3/c22-18(21-19-20-15-6-2-4-8-17(15)25-19)14-5-1-3-7-16(14)24-12-13-9-10-23-11-13/h1-11H,12H2,(H,20,21,22). The molecule has 6 heteroatoms. The average Bonchev–Trinajstić information content (AvgIpc) is 3.29. The highest BCUT2D eigenvalue weighted by Crippen LogP contribution is 2.29. The summed E-state index contributed by atoms with van der Waals surface area (Å²) in [7, 11) is 0. The molecule has 0 radical (unpaired) electrons. The van der Waals surface area contributed by atoms with Crippen molar-refractivity contribution in [1.82, 2.24) is 4.98 Å². The molecule has 1 N–H and O–H groups in total. The number of hydrogen-bond donors (Lipinski definition) is 1. The van der Waals surface area contributed by atoms with Gasteiger partial charge in [0.2, 0.25) is 0 Å². The first kappa shape index (κ1) is 16.3. The number of carbonyl (C=O) groups is 1. The van der Waals surface area contributed by atoms with Gasteiger partial charge in [-0.2, -0.15) is 11.3 Å². The van der Waals surface area contributed by atoms with Crippen LogP contribution in [0.15, 0.2) is 70.3 Å². The van der Waals surface area contributed by atoms with E-state index in [9.17, 15) is 4.79 Å². The van der Waals surface area contributed by atoms with Crippen molar-refractivity contribution in [3.8, 4) is 0 Å². The fourth-order valence-corrected chi connectivity index (χ4v) is 5.03. The van der Waals surface area contributed by atoms with E-state index >= 15 is 0 Å². The molecule has 3 nitrogen and oxygen atoms in total. The zero-order valence-electron chi connectivity index (χ0n) is 13.1. The van der Waals surface area contributed by atoms with Gasteiger partial charge in [0.25, 0.3) is 5.91 Å². The van der Waals surface area contributed by atoms with Crippen molar-refractivity contribution >= 4 is 55.7 Å². The highest BCUT2D eigenvalue weighted by atomic mass is 32.2. The molecule has 124 valence electrons. The van der Waals surface area contributed by atoms with Crippen LogP contribution in [0.25, 0.3) is 10.2 Å². The van der Waals surface area contributed by atoms with E-state index in [1.165, 1.54) is 16.9 Å². The van der Waals surface area contributed by atoms with Crippen molar-refractivity contribution in [3.05, 3.63) is 76.5 Å². The third-order valence-electron chi connectivity index (χ3n) is 3.62. The lowest BCUT2D eigenvalue weighted by molar-refractivity contribution is 0.102. The second kappa shape index (κ2) is 7.39. The van der Waals surface area contributed by atoms with Gasteiger partial charge < -0.3 is 0 Å². The van der Waals surface area contributed by atoms with Crippen LogP contribution >= 0.6 is 34.4 Å². The minimum absolute atomic E-state index is 0.118. The summed E-state index contributed by atoms with van der Waals surface area (Å²) in [5.41, 5.74) is 2.86. The quantitative estimate of drug-likeness (QED) is 0.437. The van der Waals surface area contributed by atoms with Crippen LogP contribution in [0.5, 0.6) is 0 Å². The Labute approximate surface area is 157 Å². The maximum atomic E-state index is 12.7. The normalized spacial score (nSPS) is 10.9. The van der Waals surface area contributed by atoms with Gasteiger partial charge in [0.15, 0.2) is 5.13 Å². The van der Waals surface area contributed by atoms with Crippen LogP contribution in [0.3, 0.4) is 0 Å². The molecular weight excluding hydrogens is 368 g/mol. The van der Waals surface area contributed by atoms with Gasteiger partial charge in [0, 0.05) is 10.6 Å². The Morgan fingerprint density at radius 1 is 1.08 bits per heavy atom. The lowest BCUT2D eigenvalue weighted by atomic mass is 10.2. The molecular formula is C19H14N2OS3. The lowest BCUT2D eigenvalue weighted by Gasteiger charge is -2.08. The number of para-hydroxylation sites is 1. The van der Waals surface area contributed by atoms with Crippen molar-refractivity contribution in [2.75, 3.05) is 5.32 Å². The van der Waals surface area contributed by atoms with E-state index in [0.717, 1.165) is 20.9 Å². The van der Waals surface area contributed by atoms with Gasteiger partial charge in [0.05, 0.1) is 15.8 Å². The molecule has 4 rings (SSSR count). The fourth-order valence-electron chi connectivity index (χ4n) is 2.41. The molecule has 0 atom stereocenters. The van der Waals surface area contributed by atoms with Crippen LogP contribution in [0.1, 0.15) is 15.9 Å². The minimum Gasteiger partial charge on any atom is -0.298 e. The van der Waals surface area contributed by atoms with E-state index in [0.29, 0.717) is 10.7 Å². The number of anilines is 1. The number of aromatic nitrogens is 1. The Morgan fingerprint density at radius 2 is 1.92 bits per heavy atom. The van der Waals surface area contributed by atoms with Crippen LogP contribution < -0.4 is 5.32 Å². The van der Waals surface area contributed by atoms with Crippen LogP contribution in [-0.4, -0.2) is 10.9 Å². The van der Waals surface area contributed by atoms with Crippen molar-refractivity contribution in [2.24, 2.45) is 0 Å². The number of hydrogen-bond acceptors (Lipinski definition) is 5. The van der Waals surface area contributed by atoms with Crippen molar-refractivity contribution in [1.29, 1.82) is 0 Å². The summed E-state index contributed by atoms with van der Waals surface area (Å²) in [5.74, 6) is 0.738. The summed E-state index contributed by atoms with van der Waals surface area (Å²) in [6.45, 7) is 0. The first-order valence-corrected chi connectivity index (χ1v) is 10.4. The fraction of sp³-hybridized carbons (Fsp3) is 0.0526. The molecule has 0 unspecified atom stereocenters. The van der Waals surface area contributed by atoms with E-state index in [1.54, 1.807) is 23.1 Å². The number of benzene rings is 2. The molecule has 0 spiro atoms. The van der Waals surface area contributed by atoms with Crippen LogP contribution in [0.2, 0.25) is 0 Å². The third-order valence-corrected chi connectivity index (χ3v) is 6.45. The molecule has 0 aliphatic rings. The Kier molecular flexibility index (Phi) is 4.83. The van der Waals surface area contributed by atoms with Gasteiger partial charge in [-0.05, 0) is 46.7 Å². The van der Waals surface area contributed by atoms with Crippen LogP contribution in [0.4, 0.5) is 5.13 Å². The van der Waals surface area contributed by atoms with Crippen LogP contribution in [-0.2, 0) is 5.75 Å². The number of thiophene rings is 1. The SMILES string of the molecule is O=C(Nc1nc2ccccc2s1)c1ccccc1SCc1ccsc1. The number of thiazole rings is 1. The van der Waals surface area contributed by atoms with Gasteiger partial charge in [-0.1, -0.05) is 35.6 Å². The zero-order chi connectivity index (χ0) is 17.1. The van der Waals surface area contributed by atoms with E-state index in [-0.39, 0.29) is 5.91 Å². The number of rotatable bonds is 5. The molecule has 2 aromatic carbocycles. The Hall–Kier alpha value is -2.15. The number of carbonyl (C=O) groups excluding carboxylic acids is 1. The lowest BCUT2D eigenvalue weighted by Crippen LogP contribution is -2.12. The van der Waals surface area contributed by atoms with Gasteiger partial charge in [-0.3, -0.25) is 10.1 Å². The van der Waals surface area contributed by atoms with Gasteiger partial charge in [-0.15, -0.1) is 11.8 Å². The van der Waals surface area contributed by atoms with Gasteiger partial charge in [0.1, 0.15) is 0 Å². The number of fused-ring (bicyclic) bond motifs is 1. The summed E-state index contributed by atoms with van der Waals surface area (Å²) in [6.07, 6.45) is 0. The molecule has 0 aliphatic heterocycles. The Bertz CT molecular complexity index is 975. The maximum Gasteiger partial charge on any atom is 0.258 e. The minimum atomic E-state index is -0.118. The third kappa shape index (κ3) is 3.76. The first-order valence-electron chi connectivity index (χ1n) is 7.69. The molecule has 0 aliphatic carbocycles. The van der Waals surface area contributed by atoms with Crippen molar-refractivity contribution < 1.29 is 4.79 Å². The van der Waals surface area contributed by atoms with E-state index < -0.39 is 0 Å². The van der Waals surface area contributed by atoms with Gasteiger partial charge in [-0.25, -0.2) is 4.98 Å². The highest BCUT2D eigenvalue weighted by Gasteiger charge is 2.14. The Morgan fingerprint density at radius 3 is 2.76 bits per heavy atom. The summed E-state index contributed by atoms with van der Waals surface area (Å²) in [4.78, 5) is 18.2. The monoisotopic (exact) mass is 382 g/mol. The molecule has 4 aromatic rings. The summed E-state index contributed by atoms with van der Waals surface area (Å²) in [5, 5.41) is 7.77. The summed E-state index contributed by atoms with van der Waals surface area (Å²) in [6, 6.07) is 17.7. The molecule has 0 bridgehead atoms. The average molecular weight is 383 g/mol. The molecule has 1 amide bonds. The molecule has 2 heterocycles. The molecule has 0 fully saturated rings. The molecule has 25 heavy (non-hydrogen) atoms. The summed E-state index contributed by atoms with van der Waals surface area (Å²) < 4.78 is 1.07. The van der Waals surface area contributed by atoms with Crippen molar-refractivity contribution in [3.63, 3.8) is 0 Å². The van der Waals surface area contributed by atoms with Crippen molar-refractivity contribution in [2.45, 2.75) is 10.6 Å². The van der Waals surface area contributed by atoms with E-state index in [4.69, 9.17) is 0 Å². The molecule has 0 saturated carbocycles. The number of nitrogens with zero attached hydrogens (tertiary/aromatic N) is 1. The predicted octanol–water partition coefficient (Wildman–Crippen LogP) is 5.90. The van der Waals surface area contributed by atoms with E-state index in [2.05, 4.69) is 27.1 Å². The molecule has 2 aromatic heterocycles. The van der Waals surface area contributed by atoms with Gasteiger partial charge >= 0.3 is 0 Å². The maximum absolute atomic E-state index is 12.7. The first-order chi connectivity index (χ1) is 12.3. The zero-order valence-corrected chi connectivity index (χ0v) is 15.6. The highest BCUT2D eigenvalue weighted by molar-refractivity contribution is 7.98. The predicted molar refractivity (Wildman–Crippen MR) is 108 cm³/mol. The number of thioether (sulfide) groups is 1. The topological polar surface area (TPSA) is 42.0 Å². The second-order valence-corrected chi connectivity index (χ2v) is 8.19. The smallest absolute Gasteiger partial charge is 0.258 e. The molecule has 0 saturated heterocycles. The van der Waals surface area contributed by atoms with Crippen LogP contribution in [0, 0.1) is 0 Å². The Balaban J connectivity index is 1.53.